The molecular formula is C7H12O7. The van der Waals surface area contributed by atoms with Gasteiger partial charge in [-0.05, 0) is 0 Å². The maximum Gasteiger partial charge on any atom is 0.332 e. The second-order valence-corrected chi connectivity index (χ2v) is 2.49. The van der Waals surface area contributed by atoms with E-state index in [0.29, 0.717) is 0 Å². The van der Waals surface area contributed by atoms with Gasteiger partial charge in [-0.25, -0.2) is 4.79 Å². The van der Waals surface area contributed by atoms with E-state index in [1.165, 1.54) is 0 Å². The number of hydrogen-bond donors (Lipinski definition) is 4. The third-order valence-corrected chi connectivity index (χ3v) is 1.45. The van der Waals surface area contributed by atoms with Gasteiger partial charge in [-0.3, -0.25) is 4.79 Å². The van der Waals surface area contributed by atoms with Crippen LogP contribution in [0.25, 0.3) is 0 Å². The lowest BCUT2D eigenvalue weighted by molar-refractivity contribution is -0.166. The van der Waals surface area contributed by atoms with E-state index in [-0.39, 0.29) is 6.29 Å². The van der Waals surface area contributed by atoms with Crippen molar-refractivity contribution in [3.63, 3.8) is 0 Å². The van der Waals surface area contributed by atoms with Crippen molar-refractivity contribution in [3.05, 3.63) is 0 Å². The normalized spacial score (nSPS) is 16.9. The Kier molecular flexibility index (Phi) is 5.97. The molecule has 0 radical (unpaired) electrons. The van der Waals surface area contributed by atoms with Crippen LogP contribution in [-0.4, -0.2) is 64.2 Å². The first kappa shape index (κ1) is 13.0. The third kappa shape index (κ3) is 3.79. The lowest BCUT2D eigenvalue weighted by Crippen LogP contribution is -2.43. The predicted molar refractivity (Wildman–Crippen MR) is 42.1 cm³/mol. The van der Waals surface area contributed by atoms with Crippen LogP contribution < -0.4 is 0 Å². The highest BCUT2D eigenvalue weighted by molar-refractivity contribution is 5.73. The van der Waals surface area contributed by atoms with Gasteiger partial charge in [-0.1, -0.05) is 0 Å². The fraction of sp³-hybridized carbons (Fsp3) is 0.714. The highest BCUT2D eigenvalue weighted by Crippen LogP contribution is 2.02. The molecule has 0 aromatic rings. The summed E-state index contributed by atoms with van der Waals surface area (Å²) in [7, 11) is 0. The molecule has 0 heterocycles. The fourth-order valence-electron chi connectivity index (χ4n) is 0.694. The van der Waals surface area contributed by atoms with Gasteiger partial charge in [0.2, 0.25) is 0 Å². The quantitative estimate of drug-likeness (QED) is 0.267. The van der Waals surface area contributed by atoms with Gasteiger partial charge < -0.3 is 25.2 Å². The summed E-state index contributed by atoms with van der Waals surface area (Å²) >= 11 is 0. The van der Waals surface area contributed by atoms with Crippen molar-refractivity contribution >= 4 is 12.3 Å². The minimum Gasteiger partial charge on any atom is -0.450 e. The zero-order valence-electron chi connectivity index (χ0n) is 7.24. The van der Waals surface area contributed by atoms with Crippen LogP contribution in [0.2, 0.25) is 0 Å². The van der Waals surface area contributed by atoms with Crippen molar-refractivity contribution in [2.45, 2.75) is 18.3 Å². The molecule has 0 bridgehead atoms. The van der Waals surface area contributed by atoms with Gasteiger partial charge in [0.15, 0.2) is 12.4 Å². The molecule has 0 aromatic heterocycles. The van der Waals surface area contributed by atoms with Crippen molar-refractivity contribution in [3.8, 4) is 0 Å². The molecule has 0 saturated carbocycles. The largest absolute Gasteiger partial charge is 0.450 e. The Morgan fingerprint density at radius 1 is 1.36 bits per heavy atom. The Morgan fingerprint density at radius 2 is 1.93 bits per heavy atom. The van der Waals surface area contributed by atoms with E-state index in [4.69, 9.17) is 20.4 Å². The summed E-state index contributed by atoms with van der Waals surface area (Å²) in [6.45, 7) is -1.71. The minimum atomic E-state index is -1.71. The molecule has 7 nitrogen and oxygen atoms in total. The Morgan fingerprint density at radius 3 is 2.29 bits per heavy atom. The summed E-state index contributed by atoms with van der Waals surface area (Å²) in [4.78, 5) is 20.8. The van der Waals surface area contributed by atoms with E-state index < -0.39 is 37.5 Å². The summed E-state index contributed by atoms with van der Waals surface area (Å²) in [5.41, 5.74) is 0. The standard InChI is InChI=1S/C7H12O7/c8-1-4(11)7(13)5(2-9)14-6(12)3-10/h2,4-5,7-8,10-11,13H,1,3H2/t4-,5+,7+/m1/s1. The number of aliphatic hydroxyl groups is 4. The number of hydrogen-bond acceptors (Lipinski definition) is 7. The first-order valence-electron chi connectivity index (χ1n) is 3.79. The number of rotatable bonds is 6. The molecule has 14 heavy (non-hydrogen) atoms. The second kappa shape index (κ2) is 6.44. The summed E-state index contributed by atoms with van der Waals surface area (Å²) in [5.74, 6) is -1.11. The van der Waals surface area contributed by atoms with Crippen molar-refractivity contribution < 1.29 is 34.8 Å². The van der Waals surface area contributed by atoms with Gasteiger partial charge in [0.05, 0.1) is 6.61 Å². The first-order chi connectivity index (χ1) is 6.56. The van der Waals surface area contributed by atoms with Crippen LogP contribution in [0.1, 0.15) is 0 Å². The lowest BCUT2D eigenvalue weighted by atomic mass is 10.1. The highest BCUT2D eigenvalue weighted by atomic mass is 16.6. The van der Waals surface area contributed by atoms with E-state index in [1.54, 1.807) is 0 Å². The Hall–Kier alpha value is -1.02. The van der Waals surface area contributed by atoms with Crippen LogP contribution in [0.15, 0.2) is 0 Å². The number of aliphatic hydroxyl groups excluding tert-OH is 4. The molecule has 0 aliphatic rings. The van der Waals surface area contributed by atoms with E-state index in [2.05, 4.69) is 4.74 Å². The molecule has 0 fully saturated rings. The molecule has 0 aliphatic heterocycles. The average Bonchev–Trinajstić information content (AvgIpc) is 2.23. The van der Waals surface area contributed by atoms with Gasteiger partial charge in [-0.15, -0.1) is 0 Å². The molecule has 0 saturated heterocycles. The van der Waals surface area contributed by atoms with Gasteiger partial charge >= 0.3 is 5.97 Å². The number of carbonyl (C=O) groups excluding carboxylic acids is 2. The molecule has 82 valence electrons. The summed E-state index contributed by atoms with van der Waals surface area (Å²) < 4.78 is 4.26. The van der Waals surface area contributed by atoms with Crippen LogP contribution in [-0.2, 0) is 14.3 Å². The maximum atomic E-state index is 10.5. The Bertz CT molecular complexity index is 192. The molecule has 0 rings (SSSR count). The minimum absolute atomic E-state index is 0.0944. The molecule has 0 unspecified atom stereocenters. The van der Waals surface area contributed by atoms with E-state index in [9.17, 15) is 9.59 Å². The molecule has 7 heteroatoms. The van der Waals surface area contributed by atoms with Crippen molar-refractivity contribution in [1.82, 2.24) is 0 Å². The summed E-state index contributed by atoms with van der Waals surface area (Å²) in [6, 6.07) is 0. The monoisotopic (exact) mass is 208 g/mol. The van der Waals surface area contributed by atoms with Gasteiger partial charge in [0.1, 0.15) is 18.8 Å². The van der Waals surface area contributed by atoms with Crippen molar-refractivity contribution in [2.75, 3.05) is 13.2 Å². The van der Waals surface area contributed by atoms with Crippen LogP contribution in [0.5, 0.6) is 0 Å². The molecule has 4 N–H and O–H groups in total. The van der Waals surface area contributed by atoms with Gasteiger partial charge in [-0.2, -0.15) is 0 Å². The highest BCUT2D eigenvalue weighted by Gasteiger charge is 2.28. The number of ether oxygens (including phenoxy) is 1. The van der Waals surface area contributed by atoms with Crippen LogP contribution in [0, 0.1) is 0 Å². The number of aldehydes is 1. The molecular weight excluding hydrogens is 196 g/mol. The lowest BCUT2D eigenvalue weighted by Gasteiger charge is -2.20. The van der Waals surface area contributed by atoms with Crippen LogP contribution in [0.3, 0.4) is 0 Å². The van der Waals surface area contributed by atoms with Crippen molar-refractivity contribution in [2.24, 2.45) is 0 Å². The number of esters is 1. The SMILES string of the molecule is O=C[C@H](OC(=O)CO)[C@@H](O)[C@H](O)CO. The van der Waals surface area contributed by atoms with Crippen LogP contribution >= 0.6 is 0 Å². The topological polar surface area (TPSA) is 124 Å². The molecule has 0 aromatic carbocycles. The Labute approximate surface area is 79.5 Å². The maximum absolute atomic E-state index is 10.5. The average molecular weight is 208 g/mol. The van der Waals surface area contributed by atoms with Gasteiger partial charge in [0.25, 0.3) is 0 Å². The summed E-state index contributed by atoms with van der Waals surface area (Å²) in [6.07, 6.45) is -4.81. The van der Waals surface area contributed by atoms with E-state index in [0.717, 1.165) is 0 Å². The fourth-order valence-corrected chi connectivity index (χ4v) is 0.694. The number of carbonyl (C=O) groups is 2. The molecule has 0 spiro atoms. The zero-order chi connectivity index (χ0) is 11.1. The van der Waals surface area contributed by atoms with Crippen LogP contribution in [0.4, 0.5) is 0 Å². The summed E-state index contributed by atoms with van der Waals surface area (Å²) in [5, 5.41) is 34.7. The van der Waals surface area contributed by atoms with Crippen molar-refractivity contribution in [1.29, 1.82) is 0 Å². The predicted octanol–water partition coefficient (Wildman–Crippen LogP) is -3.20. The molecule has 0 aliphatic carbocycles. The molecule has 0 amide bonds. The van der Waals surface area contributed by atoms with Gasteiger partial charge in [0, 0.05) is 0 Å². The zero-order valence-corrected chi connectivity index (χ0v) is 7.24. The third-order valence-electron chi connectivity index (χ3n) is 1.45. The second-order valence-electron chi connectivity index (χ2n) is 2.49. The Balaban J connectivity index is 4.25. The smallest absolute Gasteiger partial charge is 0.332 e. The van der Waals surface area contributed by atoms with E-state index >= 15 is 0 Å². The first-order valence-corrected chi connectivity index (χ1v) is 3.79. The van der Waals surface area contributed by atoms with E-state index in [1.807, 2.05) is 0 Å². The molecule has 3 atom stereocenters.